The second kappa shape index (κ2) is 10.3. The smallest absolute Gasteiger partial charge is 0.224 e. The fourth-order valence-corrected chi connectivity index (χ4v) is 3.66. The predicted octanol–water partition coefficient (Wildman–Crippen LogP) is 3.01. The maximum Gasteiger partial charge on any atom is 0.224 e. The van der Waals surface area contributed by atoms with Crippen molar-refractivity contribution in [2.24, 2.45) is 5.92 Å². The topological polar surface area (TPSA) is 63.9 Å². The maximum absolute atomic E-state index is 12.3. The normalized spacial score (nSPS) is 17.4. The van der Waals surface area contributed by atoms with Gasteiger partial charge in [0.25, 0.3) is 0 Å². The van der Waals surface area contributed by atoms with E-state index in [4.69, 9.17) is 13.9 Å². The fourth-order valence-electron chi connectivity index (χ4n) is 3.66. The van der Waals surface area contributed by atoms with Gasteiger partial charge >= 0.3 is 0 Å². The lowest BCUT2D eigenvalue weighted by Gasteiger charge is -2.32. The van der Waals surface area contributed by atoms with Crippen LogP contribution >= 0.6 is 0 Å². The molecule has 1 aromatic carbocycles. The number of hydrogen-bond donors (Lipinski definition) is 1. The van der Waals surface area contributed by atoms with E-state index in [1.807, 2.05) is 36.4 Å². The summed E-state index contributed by atoms with van der Waals surface area (Å²) in [5.74, 6) is 3.17. The van der Waals surface area contributed by atoms with Crippen molar-refractivity contribution < 1.29 is 18.7 Å². The predicted molar refractivity (Wildman–Crippen MR) is 107 cm³/mol. The Morgan fingerprint density at radius 3 is 2.71 bits per heavy atom. The number of nitrogens with one attached hydrogen (secondary N) is 1. The molecule has 1 fully saturated rings. The number of carbonyl (C=O) groups excluding carboxylic acids is 1. The van der Waals surface area contributed by atoms with Gasteiger partial charge in [0.05, 0.1) is 20.1 Å². The first-order valence-corrected chi connectivity index (χ1v) is 9.84. The van der Waals surface area contributed by atoms with Crippen molar-refractivity contribution in [1.29, 1.82) is 0 Å². The van der Waals surface area contributed by atoms with E-state index < -0.39 is 0 Å². The molecule has 2 heterocycles. The van der Waals surface area contributed by atoms with E-state index in [9.17, 15) is 4.79 Å². The first kappa shape index (κ1) is 20.4. The summed E-state index contributed by atoms with van der Waals surface area (Å²) in [6.07, 6.45) is 2.69. The zero-order valence-electron chi connectivity index (χ0n) is 16.8. The highest BCUT2D eigenvalue weighted by Crippen LogP contribution is 2.19. The van der Waals surface area contributed by atoms with Gasteiger partial charge < -0.3 is 19.2 Å². The van der Waals surface area contributed by atoms with E-state index in [-0.39, 0.29) is 5.91 Å². The van der Waals surface area contributed by atoms with Crippen molar-refractivity contribution in [3.8, 4) is 5.75 Å². The summed E-state index contributed by atoms with van der Waals surface area (Å²) < 4.78 is 16.0. The molecule has 1 saturated heterocycles. The summed E-state index contributed by atoms with van der Waals surface area (Å²) in [6, 6.07) is 11.6. The summed E-state index contributed by atoms with van der Waals surface area (Å²) in [7, 11) is 3.31. The quantitative estimate of drug-likeness (QED) is 0.718. The average Bonchev–Trinajstić information content (AvgIpc) is 3.14. The van der Waals surface area contributed by atoms with Gasteiger partial charge in [0.1, 0.15) is 23.9 Å². The average molecular weight is 386 g/mol. The maximum atomic E-state index is 12.3. The van der Waals surface area contributed by atoms with Gasteiger partial charge in [-0.2, -0.15) is 0 Å². The minimum Gasteiger partial charge on any atom is -0.497 e. The van der Waals surface area contributed by atoms with Crippen molar-refractivity contribution in [1.82, 2.24) is 10.2 Å². The first-order valence-electron chi connectivity index (χ1n) is 9.84. The molecule has 1 N–H and O–H groups in total. The number of furan rings is 1. The molecule has 0 spiro atoms. The van der Waals surface area contributed by atoms with Crippen LogP contribution in [0.5, 0.6) is 5.75 Å². The highest BCUT2D eigenvalue weighted by atomic mass is 16.5. The summed E-state index contributed by atoms with van der Waals surface area (Å²) in [5.41, 5.74) is 0.994. The molecular weight excluding hydrogens is 356 g/mol. The molecule has 1 aliphatic heterocycles. The number of benzene rings is 1. The Morgan fingerprint density at radius 2 is 1.96 bits per heavy atom. The van der Waals surface area contributed by atoms with Gasteiger partial charge in [-0.15, -0.1) is 0 Å². The number of amides is 1. The molecule has 0 saturated carbocycles. The lowest BCUT2D eigenvalue weighted by Crippen LogP contribution is -2.40. The van der Waals surface area contributed by atoms with Crippen LogP contribution < -0.4 is 10.1 Å². The molecule has 6 nitrogen and oxygen atoms in total. The zero-order valence-corrected chi connectivity index (χ0v) is 16.8. The Kier molecular flexibility index (Phi) is 7.51. The minimum atomic E-state index is 0.0672. The van der Waals surface area contributed by atoms with E-state index in [0.29, 0.717) is 18.9 Å². The lowest BCUT2D eigenvalue weighted by molar-refractivity contribution is -0.120. The minimum absolute atomic E-state index is 0.0672. The molecule has 1 unspecified atom stereocenters. The van der Waals surface area contributed by atoms with Crippen LogP contribution in [-0.4, -0.2) is 44.7 Å². The van der Waals surface area contributed by atoms with Crippen molar-refractivity contribution in [3.05, 3.63) is 53.5 Å². The van der Waals surface area contributed by atoms with Gasteiger partial charge in [-0.3, -0.25) is 9.69 Å². The van der Waals surface area contributed by atoms with Crippen molar-refractivity contribution in [2.75, 3.05) is 33.9 Å². The third kappa shape index (κ3) is 6.11. The van der Waals surface area contributed by atoms with Crippen LogP contribution in [-0.2, 0) is 29.1 Å². The number of rotatable bonds is 9. The van der Waals surface area contributed by atoms with Crippen LogP contribution in [0.3, 0.4) is 0 Å². The highest BCUT2D eigenvalue weighted by molar-refractivity contribution is 5.78. The standard InChI is InChI=1S/C22H30N2O4/c1-26-16-21-10-9-20(28-21)15-24-11-3-4-18(14-24)13-23-22(25)12-17-5-7-19(27-2)8-6-17/h5-10,18H,3-4,11-16H2,1-2H3,(H,23,25). The van der Waals surface area contributed by atoms with E-state index >= 15 is 0 Å². The summed E-state index contributed by atoms with van der Waals surface area (Å²) >= 11 is 0. The highest BCUT2D eigenvalue weighted by Gasteiger charge is 2.21. The number of ether oxygens (including phenoxy) is 2. The van der Waals surface area contributed by atoms with Crippen LogP contribution in [0.15, 0.2) is 40.8 Å². The Hall–Kier alpha value is -2.31. The summed E-state index contributed by atoms with van der Waals surface area (Å²) in [6.45, 7) is 4.07. The SMILES string of the molecule is COCc1ccc(CN2CCCC(CNC(=O)Cc3ccc(OC)cc3)C2)o1. The largest absolute Gasteiger partial charge is 0.497 e. The second-order valence-electron chi connectivity index (χ2n) is 7.37. The number of carbonyl (C=O) groups is 1. The van der Waals surface area contributed by atoms with E-state index in [2.05, 4.69) is 10.2 Å². The third-order valence-corrected chi connectivity index (χ3v) is 5.10. The monoisotopic (exact) mass is 386 g/mol. The molecule has 3 rings (SSSR count). The molecular formula is C22H30N2O4. The number of nitrogens with zero attached hydrogens (tertiary/aromatic N) is 1. The molecule has 0 radical (unpaired) electrons. The van der Waals surface area contributed by atoms with E-state index in [1.54, 1.807) is 14.2 Å². The third-order valence-electron chi connectivity index (χ3n) is 5.10. The molecule has 28 heavy (non-hydrogen) atoms. The first-order chi connectivity index (χ1) is 13.7. The molecule has 0 aliphatic carbocycles. The van der Waals surface area contributed by atoms with E-state index in [0.717, 1.165) is 61.9 Å². The van der Waals surface area contributed by atoms with Crippen LogP contribution in [0, 0.1) is 5.92 Å². The van der Waals surface area contributed by atoms with Gasteiger partial charge in [-0.25, -0.2) is 0 Å². The summed E-state index contributed by atoms with van der Waals surface area (Å²) in [4.78, 5) is 14.7. The van der Waals surface area contributed by atoms with Crippen LogP contribution in [0.4, 0.5) is 0 Å². The van der Waals surface area contributed by atoms with E-state index in [1.165, 1.54) is 0 Å². The zero-order chi connectivity index (χ0) is 19.8. The van der Waals surface area contributed by atoms with Gasteiger partial charge in [-0.1, -0.05) is 12.1 Å². The van der Waals surface area contributed by atoms with Gasteiger partial charge in [-0.05, 0) is 55.1 Å². The molecule has 152 valence electrons. The number of hydrogen-bond acceptors (Lipinski definition) is 5. The molecule has 1 atom stereocenters. The van der Waals surface area contributed by atoms with Crippen molar-refractivity contribution >= 4 is 5.91 Å². The number of piperidine rings is 1. The molecule has 6 heteroatoms. The van der Waals surface area contributed by atoms with Gasteiger partial charge in [0, 0.05) is 20.2 Å². The molecule has 1 aromatic heterocycles. The Labute approximate surface area is 166 Å². The lowest BCUT2D eigenvalue weighted by atomic mass is 9.97. The Morgan fingerprint density at radius 1 is 1.18 bits per heavy atom. The molecule has 2 aromatic rings. The van der Waals surface area contributed by atoms with Gasteiger partial charge in [0.2, 0.25) is 5.91 Å². The Balaban J connectivity index is 1.41. The second-order valence-corrected chi connectivity index (χ2v) is 7.37. The van der Waals surface area contributed by atoms with Crippen molar-refractivity contribution in [2.45, 2.75) is 32.4 Å². The number of methoxy groups -OCH3 is 2. The Bertz CT molecular complexity index is 741. The fraction of sp³-hybridized carbons (Fsp3) is 0.500. The van der Waals surface area contributed by atoms with Crippen LogP contribution in [0.2, 0.25) is 0 Å². The molecule has 0 bridgehead atoms. The molecule has 1 amide bonds. The number of likely N-dealkylation sites (tertiary alicyclic amines) is 1. The van der Waals surface area contributed by atoms with Crippen LogP contribution in [0.1, 0.15) is 29.9 Å². The molecule has 1 aliphatic rings. The van der Waals surface area contributed by atoms with Gasteiger partial charge in [0.15, 0.2) is 0 Å². The summed E-state index contributed by atoms with van der Waals surface area (Å²) in [5, 5.41) is 3.10. The van der Waals surface area contributed by atoms with Crippen LogP contribution in [0.25, 0.3) is 0 Å². The van der Waals surface area contributed by atoms with Crippen molar-refractivity contribution in [3.63, 3.8) is 0 Å².